The summed E-state index contributed by atoms with van der Waals surface area (Å²) in [4.78, 5) is 0. The third-order valence-corrected chi connectivity index (χ3v) is 3.03. The monoisotopic (exact) mass is 652 g/mol. The Morgan fingerprint density at radius 2 is 0.794 bits per heavy atom. The van der Waals surface area contributed by atoms with Crippen LogP contribution in [0.25, 0.3) is 0 Å². The van der Waals surface area contributed by atoms with E-state index in [2.05, 4.69) is 84.0 Å². The van der Waals surface area contributed by atoms with Crippen molar-refractivity contribution in [3.8, 4) is 0 Å². The predicted octanol–water partition coefficient (Wildman–Crippen LogP) is 6.85. The van der Waals surface area contributed by atoms with Crippen LogP contribution in [0.15, 0.2) is 70.9 Å². The van der Waals surface area contributed by atoms with Crippen molar-refractivity contribution in [3.05, 3.63) is 120 Å². The second-order valence-electron chi connectivity index (χ2n) is 5.26. The van der Waals surface area contributed by atoms with Crippen molar-refractivity contribution >= 4 is 36.6 Å². The molecule has 34 heavy (non-hydrogen) atoms. The minimum atomic E-state index is 0. The van der Waals surface area contributed by atoms with E-state index < -0.39 is 0 Å². The summed E-state index contributed by atoms with van der Waals surface area (Å²) >= 11 is 8.17. The van der Waals surface area contributed by atoms with Crippen molar-refractivity contribution in [1.29, 1.82) is 11.1 Å². The molecule has 178 valence electrons. The summed E-state index contributed by atoms with van der Waals surface area (Å²) in [5.41, 5.74) is 17.1. The van der Waals surface area contributed by atoms with Gasteiger partial charge in [-0.1, -0.05) is 35.4 Å². The van der Waals surface area contributed by atoms with Gasteiger partial charge in [-0.15, -0.1) is 0 Å². The van der Waals surface area contributed by atoms with Gasteiger partial charge in [0.1, 0.15) is 0 Å². The van der Waals surface area contributed by atoms with Gasteiger partial charge in [0.05, 0.1) is 11.4 Å². The standard InChI is InChI=1S/2C7H8N2.2C5H.2CH4S.2Mo/c2*1-6-2-4-7(9-8)5-3-6;2*1-2-4-5-3-1;2*1-2;;/h2*2-5,8H,1H3;2*1H;2*2H,1H3;;/q;;2*-5;;;2*+3/p-2. The quantitative estimate of drug-likeness (QED) is 0.108. The van der Waals surface area contributed by atoms with E-state index in [-0.39, 0.29) is 42.1 Å². The van der Waals surface area contributed by atoms with Crippen LogP contribution in [0.2, 0.25) is 0 Å². The van der Waals surface area contributed by atoms with Crippen LogP contribution in [0.3, 0.4) is 0 Å². The average Bonchev–Trinajstić information content (AvgIpc) is 3.63. The van der Waals surface area contributed by atoms with Gasteiger partial charge in [0.25, 0.3) is 0 Å². The molecule has 4 aromatic rings. The molecular weight excluding hydrogens is 624 g/mol. The number of hydrogen-bond acceptors (Lipinski definition) is 6. The Labute approximate surface area is 245 Å². The molecule has 0 spiro atoms. The van der Waals surface area contributed by atoms with Gasteiger partial charge in [-0.05, 0) is 38.1 Å². The SMILES string of the molecule is C[S-].C[S-].Cc1ccc(N=N)cc1.Cc1ccc(N=N)cc1.[Mo+3].[Mo+3].[c-]1[c-][c-][cH-][c-]1.[c-]1[c-][c-][cH-][c-]1. The average molecular weight is 649 g/mol. The van der Waals surface area contributed by atoms with Crippen molar-refractivity contribution in [3.63, 3.8) is 0 Å². The Morgan fingerprint density at radius 3 is 0.941 bits per heavy atom. The van der Waals surface area contributed by atoms with Crippen LogP contribution in [0, 0.1) is 73.4 Å². The fraction of sp³-hybridized carbons (Fsp3) is 0.154. The summed E-state index contributed by atoms with van der Waals surface area (Å²) in [6.07, 6.45) is 3.17. The number of benzene rings is 2. The summed E-state index contributed by atoms with van der Waals surface area (Å²) in [5, 5.41) is 6.52. The maximum atomic E-state index is 6.64. The Kier molecular flexibility index (Phi) is 36.6. The Hall–Kier alpha value is -1.58. The minimum absolute atomic E-state index is 0. The van der Waals surface area contributed by atoms with Crippen molar-refractivity contribution in [2.45, 2.75) is 13.8 Å². The number of hydrogen-bond donors (Lipinski definition) is 2. The summed E-state index contributed by atoms with van der Waals surface area (Å²) in [5.74, 6) is 0. The molecule has 4 nitrogen and oxygen atoms in total. The van der Waals surface area contributed by atoms with E-state index in [9.17, 15) is 0 Å². The Balaban J connectivity index is -0.000000169. The fourth-order valence-corrected chi connectivity index (χ4v) is 1.60. The molecule has 8 heteroatoms. The van der Waals surface area contributed by atoms with Crippen molar-refractivity contribution in [1.82, 2.24) is 0 Å². The molecule has 0 aromatic heterocycles. The topological polar surface area (TPSA) is 72.4 Å². The molecule has 0 fully saturated rings. The van der Waals surface area contributed by atoms with E-state index >= 15 is 0 Å². The molecule has 0 aliphatic rings. The predicted molar refractivity (Wildman–Crippen MR) is 133 cm³/mol. The molecule has 0 amide bonds. The molecule has 0 saturated carbocycles. The van der Waals surface area contributed by atoms with Gasteiger partial charge in [-0.3, -0.25) is 0 Å². The van der Waals surface area contributed by atoms with Crippen molar-refractivity contribution < 1.29 is 42.1 Å². The molecule has 0 aliphatic carbocycles. The third-order valence-electron chi connectivity index (χ3n) is 3.03. The molecule has 0 unspecified atom stereocenters. The smallest absolute Gasteiger partial charge is 0.999 e. The molecule has 0 heterocycles. The Morgan fingerprint density at radius 1 is 0.559 bits per heavy atom. The van der Waals surface area contributed by atoms with Crippen LogP contribution in [-0.4, -0.2) is 12.5 Å². The number of rotatable bonds is 2. The van der Waals surface area contributed by atoms with Crippen LogP contribution in [0.1, 0.15) is 11.1 Å². The van der Waals surface area contributed by atoms with Crippen LogP contribution < -0.4 is 0 Å². The second-order valence-corrected chi connectivity index (χ2v) is 5.26. The molecule has 2 N–H and O–H groups in total. The fourth-order valence-electron chi connectivity index (χ4n) is 1.60. The summed E-state index contributed by atoms with van der Waals surface area (Å²) in [7, 11) is 0. The summed E-state index contributed by atoms with van der Waals surface area (Å²) < 4.78 is 0. The molecule has 4 aromatic carbocycles. The van der Waals surface area contributed by atoms with E-state index in [1.54, 1.807) is 24.6 Å². The van der Waals surface area contributed by atoms with E-state index in [1.165, 1.54) is 11.1 Å². The molecule has 2 radical (unpaired) electrons. The van der Waals surface area contributed by atoms with E-state index in [1.807, 2.05) is 62.4 Å². The van der Waals surface area contributed by atoms with Crippen LogP contribution in [0.5, 0.6) is 0 Å². The van der Waals surface area contributed by atoms with Crippen LogP contribution in [0.4, 0.5) is 11.4 Å². The molecular formula is C26H24Mo2N4S2-6. The zero-order valence-electron chi connectivity index (χ0n) is 19.3. The summed E-state index contributed by atoms with van der Waals surface area (Å²) in [6.45, 7) is 4.02. The second kappa shape index (κ2) is 31.4. The van der Waals surface area contributed by atoms with E-state index in [0.717, 1.165) is 0 Å². The van der Waals surface area contributed by atoms with Gasteiger partial charge in [0.2, 0.25) is 0 Å². The molecule has 0 atom stereocenters. The first-order valence-corrected chi connectivity index (χ1v) is 10.6. The largest absolute Gasteiger partial charge is 3.00 e. The van der Waals surface area contributed by atoms with Crippen molar-refractivity contribution in [2.24, 2.45) is 10.2 Å². The zero-order valence-corrected chi connectivity index (χ0v) is 24.9. The van der Waals surface area contributed by atoms with Gasteiger partial charge in [-0.2, -0.15) is 22.7 Å². The van der Waals surface area contributed by atoms with Crippen molar-refractivity contribution in [2.75, 3.05) is 12.5 Å². The van der Waals surface area contributed by atoms with Gasteiger partial charge in [0.15, 0.2) is 0 Å². The van der Waals surface area contributed by atoms with Gasteiger partial charge in [0, 0.05) is 0 Å². The first kappa shape index (κ1) is 39.6. The number of nitrogens with zero attached hydrogens (tertiary/aromatic N) is 2. The maximum Gasteiger partial charge on any atom is 3.00 e. The third kappa shape index (κ3) is 25.0. The molecule has 0 saturated heterocycles. The van der Waals surface area contributed by atoms with Gasteiger partial charge < -0.3 is 85.9 Å². The number of aryl methyl sites for hydroxylation is 2. The van der Waals surface area contributed by atoms with Crippen LogP contribution >= 0.6 is 0 Å². The zero-order chi connectivity index (χ0) is 24.5. The first-order chi connectivity index (χ1) is 15.7. The van der Waals surface area contributed by atoms with Gasteiger partial charge >= 0.3 is 42.1 Å². The molecule has 0 bridgehead atoms. The van der Waals surface area contributed by atoms with E-state index in [4.69, 9.17) is 11.1 Å². The van der Waals surface area contributed by atoms with Gasteiger partial charge in [-0.25, -0.2) is 11.1 Å². The Bertz CT molecular complexity index is 756. The normalized spacial score (nSPS) is 7.47. The number of nitrogens with one attached hydrogen (secondary N) is 2. The van der Waals surface area contributed by atoms with E-state index in [0.29, 0.717) is 11.4 Å². The first-order valence-electron chi connectivity index (χ1n) is 9.01. The molecule has 0 aliphatic heterocycles. The minimum Gasteiger partial charge on any atom is -0.999 e. The van der Waals surface area contributed by atoms with Crippen LogP contribution in [-0.2, 0) is 67.4 Å². The summed E-state index contributed by atoms with van der Waals surface area (Å²) in [6, 6.07) is 39.0. The maximum absolute atomic E-state index is 6.64. The molecule has 4 rings (SSSR count).